The molecule has 120 valence electrons. The highest BCUT2D eigenvalue weighted by molar-refractivity contribution is 5.90. The van der Waals surface area contributed by atoms with Gasteiger partial charge in [0.2, 0.25) is 0 Å². The zero-order chi connectivity index (χ0) is 16.8. The normalized spacial score (nSPS) is 11.6. The summed E-state index contributed by atoms with van der Waals surface area (Å²) < 4.78 is 10.3. The Balaban J connectivity index is 2.10. The van der Waals surface area contributed by atoms with E-state index < -0.39 is 0 Å². The molecule has 23 heavy (non-hydrogen) atoms. The van der Waals surface area contributed by atoms with Gasteiger partial charge in [-0.2, -0.15) is 0 Å². The highest BCUT2D eigenvalue weighted by atomic mass is 16.5. The van der Waals surface area contributed by atoms with Gasteiger partial charge in [-0.05, 0) is 48.7 Å². The Hall–Kier alpha value is -2.62. The predicted molar refractivity (Wildman–Crippen MR) is 88.4 cm³/mol. The summed E-state index contributed by atoms with van der Waals surface area (Å²) in [6, 6.07) is 14.4. The molecule has 0 fully saturated rings. The SMILES string of the molecule is CCC(C)OC(=O)c1ccc(-c2ccc(OC(C)=O)cc2)cc1. The number of rotatable bonds is 5. The molecule has 0 saturated heterocycles. The van der Waals surface area contributed by atoms with Crippen LogP contribution in [0, 0.1) is 0 Å². The van der Waals surface area contributed by atoms with Crippen molar-refractivity contribution in [2.45, 2.75) is 33.3 Å². The molecule has 4 heteroatoms. The van der Waals surface area contributed by atoms with Gasteiger partial charge in [0.15, 0.2) is 0 Å². The fraction of sp³-hybridized carbons (Fsp3) is 0.263. The second kappa shape index (κ2) is 7.58. The quantitative estimate of drug-likeness (QED) is 0.612. The predicted octanol–water partition coefficient (Wildman–Crippen LogP) is 4.23. The lowest BCUT2D eigenvalue weighted by Crippen LogP contribution is -2.13. The Morgan fingerprint density at radius 2 is 1.48 bits per heavy atom. The van der Waals surface area contributed by atoms with Crippen LogP contribution in [0.4, 0.5) is 0 Å². The van der Waals surface area contributed by atoms with Crippen molar-refractivity contribution in [1.29, 1.82) is 0 Å². The maximum atomic E-state index is 11.9. The van der Waals surface area contributed by atoms with Gasteiger partial charge in [-0.15, -0.1) is 0 Å². The summed E-state index contributed by atoms with van der Waals surface area (Å²) in [5.41, 5.74) is 2.48. The summed E-state index contributed by atoms with van der Waals surface area (Å²) in [7, 11) is 0. The van der Waals surface area contributed by atoms with E-state index in [9.17, 15) is 9.59 Å². The van der Waals surface area contributed by atoms with Crippen LogP contribution in [0.3, 0.4) is 0 Å². The van der Waals surface area contributed by atoms with E-state index >= 15 is 0 Å². The first kappa shape index (κ1) is 16.7. The minimum Gasteiger partial charge on any atom is -0.459 e. The van der Waals surface area contributed by atoms with E-state index in [1.807, 2.05) is 38.1 Å². The molecule has 0 amide bonds. The van der Waals surface area contributed by atoms with E-state index in [1.165, 1.54) is 6.92 Å². The molecule has 0 N–H and O–H groups in total. The van der Waals surface area contributed by atoms with Crippen molar-refractivity contribution in [3.63, 3.8) is 0 Å². The van der Waals surface area contributed by atoms with Gasteiger partial charge >= 0.3 is 11.9 Å². The molecule has 1 unspecified atom stereocenters. The summed E-state index contributed by atoms with van der Waals surface area (Å²) in [4.78, 5) is 22.8. The highest BCUT2D eigenvalue weighted by Crippen LogP contribution is 2.23. The lowest BCUT2D eigenvalue weighted by molar-refractivity contribution is -0.131. The Bertz CT molecular complexity index is 672. The smallest absolute Gasteiger partial charge is 0.338 e. The number of carbonyl (C=O) groups excluding carboxylic acids is 2. The summed E-state index contributed by atoms with van der Waals surface area (Å²) >= 11 is 0. The number of esters is 2. The number of carbonyl (C=O) groups is 2. The number of ether oxygens (including phenoxy) is 2. The Morgan fingerprint density at radius 3 is 1.96 bits per heavy atom. The molecule has 0 aliphatic heterocycles. The molecule has 2 aromatic carbocycles. The second-order valence-electron chi connectivity index (χ2n) is 5.32. The van der Waals surface area contributed by atoms with Gasteiger partial charge in [0, 0.05) is 6.92 Å². The van der Waals surface area contributed by atoms with Gasteiger partial charge in [0.05, 0.1) is 11.7 Å². The van der Waals surface area contributed by atoms with Crippen LogP contribution in [0.1, 0.15) is 37.6 Å². The lowest BCUT2D eigenvalue weighted by Gasteiger charge is -2.11. The van der Waals surface area contributed by atoms with E-state index in [1.54, 1.807) is 24.3 Å². The molecular formula is C19H20O4. The highest BCUT2D eigenvalue weighted by Gasteiger charge is 2.10. The molecule has 0 bridgehead atoms. The molecular weight excluding hydrogens is 292 g/mol. The van der Waals surface area contributed by atoms with Crippen LogP contribution in [0.2, 0.25) is 0 Å². The summed E-state index contributed by atoms with van der Waals surface area (Å²) in [5, 5.41) is 0. The summed E-state index contributed by atoms with van der Waals surface area (Å²) in [6.07, 6.45) is 0.703. The van der Waals surface area contributed by atoms with Crippen molar-refractivity contribution in [3.8, 4) is 16.9 Å². The molecule has 1 atom stereocenters. The fourth-order valence-corrected chi connectivity index (χ4v) is 2.01. The van der Waals surface area contributed by atoms with Gasteiger partial charge in [0.25, 0.3) is 0 Å². The van der Waals surface area contributed by atoms with Crippen LogP contribution >= 0.6 is 0 Å². The molecule has 4 nitrogen and oxygen atoms in total. The van der Waals surface area contributed by atoms with E-state index in [-0.39, 0.29) is 18.0 Å². The lowest BCUT2D eigenvalue weighted by atomic mass is 10.0. The third-order valence-electron chi connectivity index (χ3n) is 3.45. The van der Waals surface area contributed by atoms with E-state index in [0.717, 1.165) is 17.5 Å². The molecule has 2 aromatic rings. The second-order valence-corrected chi connectivity index (χ2v) is 5.32. The van der Waals surface area contributed by atoms with Crippen molar-refractivity contribution in [2.75, 3.05) is 0 Å². The van der Waals surface area contributed by atoms with E-state index in [0.29, 0.717) is 11.3 Å². The van der Waals surface area contributed by atoms with Gasteiger partial charge in [-0.1, -0.05) is 31.2 Å². The molecule has 0 aliphatic rings. The van der Waals surface area contributed by atoms with Crippen LogP contribution in [0.5, 0.6) is 5.75 Å². The minimum atomic E-state index is -0.345. The maximum absolute atomic E-state index is 11.9. The topological polar surface area (TPSA) is 52.6 Å². The van der Waals surface area contributed by atoms with Gasteiger partial charge in [-0.25, -0.2) is 4.79 Å². The minimum absolute atomic E-state index is 0.0870. The van der Waals surface area contributed by atoms with Crippen LogP contribution in [-0.2, 0) is 9.53 Å². The van der Waals surface area contributed by atoms with E-state index in [2.05, 4.69) is 0 Å². The van der Waals surface area contributed by atoms with Gasteiger partial charge < -0.3 is 9.47 Å². The van der Waals surface area contributed by atoms with Crippen LogP contribution < -0.4 is 4.74 Å². The zero-order valence-electron chi connectivity index (χ0n) is 13.5. The number of benzene rings is 2. The monoisotopic (exact) mass is 312 g/mol. The first-order chi connectivity index (χ1) is 11.0. The average Bonchev–Trinajstić information content (AvgIpc) is 2.55. The Labute approximate surface area is 136 Å². The third kappa shape index (κ3) is 4.68. The Morgan fingerprint density at radius 1 is 0.957 bits per heavy atom. The van der Waals surface area contributed by atoms with Crippen molar-refractivity contribution >= 4 is 11.9 Å². The summed E-state index contributed by atoms with van der Waals surface area (Å²) in [6.45, 7) is 5.21. The van der Waals surface area contributed by atoms with E-state index in [4.69, 9.17) is 9.47 Å². The van der Waals surface area contributed by atoms with Crippen LogP contribution in [0.25, 0.3) is 11.1 Å². The van der Waals surface area contributed by atoms with Gasteiger partial charge in [0.1, 0.15) is 5.75 Å². The molecule has 0 radical (unpaired) electrons. The maximum Gasteiger partial charge on any atom is 0.338 e. The Kier molecular flexibility index (Phi) is 5.52. The molecule has 0 spiro atoms. The fourth-order valence-electron chi connectivity index (χ4n) is 2.01. The molecule has 0 aromatic heterocycles. The summed E-state index contributed by atoms with van der Waals surface area (Å²) in [5.74, 6) is -0.145. The van der Waals surface area contributed by atoms with Crippen molar-refractivity contribution in [1.82, 2.24) is 0 Å². The first-order valence-corrected chi connectivity index (χ1v) is 7.59. The standard InChI is InChI=1S/C19H20O4/c1-4-13(2)22-19(21)17-7-5-15(6-8-17)16-9-11-18(12-10-16)23-14(3)20/h5-13H,4H2,1-3H3. The third-order valence-corrected chi connectivity index (χ3v) is 3.45. The zero-order valence-corrected chi connectivity index (χ0v) is 13.5. The van der Waals surface area contributed by atoms with Crippen molar-refractivity contribution in [2.24, 2.45) is 0 Å². The van der Waals surface area contributed by atoms with Crippen LogP contribution in [-0.4, -0.2) is 18.0 Å². The van der Waals surface area contributed by atoms with Crippen molar-refractivity contribution in [3.05, 3.63) is 54.1 Å². The number of hydrogen-bond acceptors (Lipinski definition) is 4. The average molecular weight is 312 g/mol. The first-order valence-electron chi connectivity index (χ1n) is 7.59. The van der Waals surface area contributed by atoms with Crippen LogP contribution in [0.15, 0.2) is 48.5 Å². The molecule has 2 rings (SSSR count). The number of hydrogen-bond donors (Lipinski definition) is 0. The molecule has 0 saturated carbocycles. The largest absolute Gasteiger partial charge is 0.459 e. The molecule has 0 aliphatic carbocycles. The van der Waals surface area contributed by atoms with Crippen molar-refractivity contribution < 1.29 is 19.1 Å². The molecule has 0 heterocycles. The van der Waals surface area contributed by atoms with Gasteiger partial charge in [-0.3, -0.25) is 4.79 Å².